The summed E-state index contributed by atoms with van der Waals surface area (Å²) in [6, 6.07) is 28.1. The van der Waals surface area contributed by atoms with Crippen LogP contribution in [0.1, 0.15) is 5.56 Å². The van der Waals surface area contributed by atoms with E-state index < -0.39 is 8.38 Å². The molecule has 0 amide bonds. The first-order valence-corrected chi connectivity index (χ1v) is 9.72. The minimum atomic E-state index is -1.33. The van der Waals surface area contributed by atoms with Gasteiger partial charge < -0.3 is 13.6 Å². The molecule has 0 saturated heterocycles. The second-order valence-corrected chi connectivity index (χ2v) is 7.39. The van der Waals surface area contributed by atoms with Gasteiger partial charge in [-0.05, 0) is 42.8 Å². The zero-order valence-electron chi connectivity index (χ0n) is 14.8. The number of hydrogen-bond donors (Lipinski definition) is 0. The first-order valence-electron chi connectivity index (χ1n) is 8.54. The van der Waals surface area contributed by atoms with Crippen LogP contribution in [0.15, 0.2) is 84.9 Å². The van der Waals surface area contributed by atoms with Crippen LogP contribution in [0.3, 0.4) is 0 Å². The highest BCUT2D eigenvalue weighted by Gasteiger charge is 2.26. The van der Waals surface area contributed by atoms with Crippen LogP contribution < -0.4 is 14.5 Å². The second kappa shape index (κ2) is 7.23. The molecule has 0 fully saturated rings. The van der Waals surface area contributed by atoms with E-state index in [1.54, 1.807) is 0 Å². The molecule has 3 aromatic carbocycles. The van der Waals surface area contributed by atoms with E-state index in [-0.39, 0.29) is 0 Å². The van der Waals surface area contributed by atoms with Gasteiger partial charge in [0.1, 0.15) is 16.9 Å². The van der Waals surface area contributed by atoms with Gasteiger partial charge in [0, 0.05) is 18.0 Å². The fraction of sp³-hybridized carbons (Fsp3) is 0.0909. The van der Waals surface area contributed by atoms with Crippen molar-refractivity contribution >= 4 is 24.7 Å². The number of hydrogen-bond acceptors (Lipinski definition) is 2. The van der Waals surface area contributed by atoms with E-state index in [1.807, 2.05) is 60.7 Å². The van der Waals surface area contributed by atoms with Crippen molar-refractivity contribution < 1.29 is 9.05 Å². The quantitative estimate of drug-likeness (QED) is 0.433. The van der Waals surface area contributed by atoms with Crippen molar-refractivity contribution in [2.75, 3.05) is 0 Å². The molecule has 0 bridgehead atoms. The van der Waals surface area contributed by atoms with Crippen LogP contribution in [-0.4, -0.2) is 4.57 Å². The molecule has 0 atom stereocenters. The lowest BCUT2D eigenvalue weighted by molar-refractivity contribution is 0.499. The van der Waals surface area contributed by atoms with Crippen LogP contribution in [0.25, 0.3) is 10.9 Å². The van der Waals surface area contributed by atoms with E-state index >= 15 is 0 Å². The van der Waals surface area contributed by atoms with Gasteiger partial charge in [0.15, 0.2) is 0 Å². The molecule has 0 spiro atoms. The van der Waals surface area contributed by atoms with Crippen LogP contribution in [-0.2, 0) is 7.05 Å². The summed E-state index contributed by atoms with van der Waals surface area (Å²) < 4.78 is 14.8. The fourth-order valence-electron chi connectivity index (χ4n) is 3.09. The lowest BCUT2D eigenvalue weighted by Gasteiger charge is -2.20. The first kappa shape index (κ1) is 16.7. The van der Waals surface area contributed by atoms with Crippen molar-refractivity contribution in [1.29, 1.82) is 0 Å². The van der Waals surface area contributed by atoms with Crippen LogP contribution in [0, 0.1) is 6.92 Å². The standard InChI is InChI=1S/C22H20NO2P/c1-17-20-15-9-10-16-21(20)23(2)22(17)26(24-18-11-5-3-6-12-18)25-19-13-7-4-8-14-19/h3-16H,1-2H3. The zero-order chi connectivity index (χ0) is 17.9. The molecule has 1 aromatic heterocycles. The van der Waals surface area contributed by atoms with Gasteiger partial charge in [0.05, 0.1) is 0 Å². The molecule has 4 aromatic rings. The molecule has 0 N–H and O–H groups in total. The minimum absolute atomic E-state index is 0.805. The molecular formula is C22H20NO2P. The van der Waals surface area contributed by atoms with Gasteiger partial charge >= 0.3 is 8.38 Å². The molecule has 4 rings (SSSR count). The number of benzene rings is 3. The smallest absolute Gasteiger partial charge is 0.344 e. The van der Waals surface area contributed by atoms with Gasteiger partial charge in [0.25, 0.3) is 0 Å². The van der Waals surface area contributed by atoms with Crippen LogP contribution in [0.5, 0.6) is 11.5 Å². The molecule has 0 aliphatic rings. The molecule has 26 heavy (non-hydrogen) atoms. The van der Waals surface area contributed by atoms with Gasteiger partial charge in [-0.15, -0.1) is 0 Å². The molecule has 3 nitrogen and oxygen atoms in total. The Bertz CT molecular complexity index is 932. The van der Waals surface area contributed by atoms with Crippen molar-refractivity contribution in [2.24, 2.45) is 7.05 Å². The highest BCUT2D eigenvalue weighted by molar-refractivity contribution is 7.56. The summed E-state index contributed by atoms with van der Waals surface area (Å²) in [5.74, 6) is 1.61. The van der Waals surface area contributed by atoms with Crippen molar-refractivity contribution in [1.82, 2.24) is 4.57 Å². The largest absolute Gasteiger partial charge is 0.434 e. The van der Waals surface area contributed by atoms with Gasteiger partial charge in [0.2, 0.25) is 0 Å². The molecule has 0 unspecified atom stereocenters. The Labute approximate surface area is 154 Å². The number of aromatic nitrogens is 1. The Balaban J connectivity index is 1.80. The lowest BCUT2D eigenvalue weighted by atomic mass is 10.2. The van der Waals surface area contributed by atoms with Gasteiger partial charge in [-0.3, -0.25) is 0 Å². The van der Waals surface area contributed by atoms with E-state index in [1.165, 1.54) is 16.5 Å². The summed E-state index contributed by atoms with van der Waals surface area (Å²) in [4.78, 5) is 0. The van der Waals surface area contributed by atoms with Crippen LogP contribution >= 0.6 is 8.38 Å². The molecule has 130 valence electrons. The van der Waals surface area contributed by atoms with Crippen molar-refractivity contribution in [3.8, 4) is 11.5 Å². The summed E-state index contributed by atoms with van der Waals surface area (Å²) in [7, 11) is 0.738. The van der Waals surface area contributed by atoms with E-state index in [0.717, 1.165) is 16.9 Å². The predicted molar refractivity (Wildman–Crippen MR) is 108 cm³/mol. The minimum Gasteiger partial charge on any atom is -0.434 e. The molecule has 0 aliphatic heterocycles. The molecule has 0 saturated carbocycles. The zero-order valence-corrected chi connectivity index (χ0v) is 15.7. The van der Waals surface area contributed by atoms with E-state index in [4.69, 9.17) is 9.05 Å². The first-order chi connectivity index (χ1) is 12.7. The monoisotopic (exact) mass is 361 g/mol. The predicted octanol–water partition coefficient (Wildman–Crippen LogP) is 5.58. The summed E-state index contributed by atoms with van der Waals surface area (Å²) in [6.07, 6.45) is 0. The SMILES string of the molecule is Cc1c(P(Oc2ccccc2)Oc2ccccc2)n(C)c2ccccc12. The number of fused-ring (bicyclic) bond motifs is 1. The molecule has 1 heterocycles. The third-order valence-electron chi connectivity index (χ3n) is 4.36. The van der Waals surface area contributed by atoms with Gasteiger partial charge in [-0.25, -0.2) is 0 Å². The number of rotatable bonds is 5. The average molecular weight is 361 g/mol. The fourth-order valence-corrected chi connectivity index (χ4v) is 4.67. The van der Waals surface area contributed by atoms with Crippen LogP contribution in [0.2, 0.25) is 0 Å². The summed E-state index contributed by atoms with van der Waals surface area (Å²) >= 11 is 0. The third kappa shape index (κ3) is 3.18. The van der Waals surface area contributed by atoms with Gasteiger partial charge in [-0.1, -0.05) is 54.6 Å². The topological polar surface area (TPSA) is 23.4 Å². The summed E-state index contributed by atoms with van der Waals surface area (Å²) in [6.45, 7) is 2.13. The maximum absolute atomic E-state index is 6.32. The Morgan fingerprint density at radius 3 is 1.73 bits per heavy atom. The molecule has 0 radical (unpaired) electrons. The number of para-hydroxylation sites is 3. The Morgan fingerprint density at radius 1 is 0.692 bits per heavy atom. The lowest BCUT2D eigenvalue weighted by Crippen LogP contribution is -2.19. The highest BCUT2D eigenvalue weighted by Crippen LogP contribution is 2.42. The molecular weight excluding hydrogens is 341 g/mol. The molecule has 0 aliphatic carbocycles. The maximum Gasteiger partial charge on any atom is 0.344 e. The van der Waals surface area contributed by atoms with Crippen molar-refractivity contribution in [2.45, 2.75) is 6.92 Å². The summed E-state index contributed by atoms with van der Waals surface area (Å²) in [5, 5.41) is 1.23. The van der Waals surface area contributed by atoms with E-state index in [0.29, 0.717) is 0 Å². The Hall–Kier alpha value is -2.77. The van der Waals surface area contributed by atoms with E-state index in [2.05, 4.69) is 42.8 Å². The maximum atomic E-state index is 6.32. The second-order valence-electron chi connectivity index (χ2n) is 6.09. The van der Waals surface area contributed by atoms with Crippen LogP contribution in [0.4, 0.5) is 0 Å². The summed E-state index contributed by atoms with van der Waals surface area (Å²) in [5.41, 5.74) is 3.45. The normalized spacial score (nSPS) is 11.0. The molecule has 4 heteroatoms. The Kier molecular flexibility index (Phi) is 4.64. The van der Waals surface area contributed by atoms with E-state index in [9.17, 15) is 0 Å². The van der Waals surface area contributed by atoms with Gasteiger partial charge in [-0.2, -0.15) is 0 Å². The number of aryl methyl sites for hydroxylation is 2. The van der Waals surface area contributed by atoms with Crippen molar-refractivity contribution in [3.05, 3.63) is 90.5 Å². The number of nitrogens with zero attached hydrogens (tertiary/aromatic N) is 1. The van der Waals surface area contributed by atoms with Crippen molar-refractivity contribution in [3.63, 3.8) is 0 Å². The average Bonchev–Trinajstić information content (AvgIpc) is 2.94. The third-order valence-corrected chi connectivity index (χ3v) is 6.09. The highest BCUT2D eigenvalue weighted by atomic mass is 31.2. The Morgan fingerprint density at radius 2 is 1.19 bits per heavy atom.